The maximum absolute atomic E-state index is 12.6. The number of nitriles is 1. The third-order valence-corrected chi connectivity index (χ3v) is 5.38. The van der Waals surface area contributed by atoms with Crippen LogP contribution >= 0.6 is 11.6 Å². The number of hydrogen-bond acceptors (Lipinski definition) is 4. The highest BCUT2D eigenvalue weighted by Crippen LogP contribution is 2.37. The van der Waals surface area contributed by atoms with E-state index in [4.69, 9.17) is 21.1 Å². The van der Waals surface area contributed by atoms with Crippen molar-refractivity contribution in [2.75, 3.05) is 19.6 Å². The normalized spacial score (nSPS) is 20.4. The maximum Gasteiger partial charge on any atom is 0.237 e. The number of alkyl halides is 1. The standard InChI is InChI=1S/C21H29ClN2O3/c1-3-27-20-13-15(10-11-19(20)26-2)17-8-4-5-9-18(17)24-21(25)16(14-23)7-6-12-22/h10-11,13,16-18H,3-9,12H2,1-2H3,(H,24,25)/t16?,17-,18-/m1/s1. The van der Waals surface area contributed by atoms with Crippen LogP contribution in [0.15, 0.2) is 18.2 Å². The molecule has 0 heterocycles. The van der Waals surface area contributed by atoms with Gasteiger partial charge in [0.05, 0.1) is 19.8 Å². The molecule has 0 saturated heterocycles. The second-order valence-corrected chi connectivity index (χ2v) is 7.24. The van der Waals surface area contributed by atoms with E-state index >= 15 is 0 Å². The second-order valence-electron chi connectivity index (χ2n) is 6.86. The van der Waals surface area contributed by atoms with E-state index in [1.807, 2.05) is 25.1 Å². The molecule has 1 aliphatic carbocycles. The van der Waals surface area contributed by atoms with Crippen molar-refractivity contribution in [3.8, 4) is 17.6 Å². The van der Waals surface area contributed by atoms with Gasteiger partial charge in [0.25, 0.3) is 0 Å². The highest BCUT2D eigenvalue weighted by Gasteiger charge is 2.30. The van der Waals surface area contributed by atoms with E-state index in [-0.39, 0.29) is 17.9 Å². The Balaban J connectivity index is 2.16. The van der Waals surface area contributed by atoms with Gasteiger partial charge in [-0.05, 0) is 50.3 Å². The molecule has 5 nitrogen and oxygen atoms in total. The molecule has 3 atom stereocenters. The van der Waals surface area contributed by atoms with E-state index in [2.05, 4.69) is 11.4 Å². The number of amides is 1. The van der Waals surface area contributed by atoms with E-state index < -0.39 is 5.92 Å². The zero-order valence-electron chi connectivity index (χ0n) is 16.2. The van der Waals surface area contributed by atoms with E-state index in [0.717, 1.165) is 37.0 Å². The van der Waals surface area contributed by atoms with Crippen molar-refractivity contribution >= 4 is 17.5 Å². The minimum atomic E-state index is -0.638. The largest absolute Gasteiger partial charge is 0.493 e. The first kappa shape index (κ1) is 21.4. The molecule has 1 fully saturated rings. The number of ether oxygens (including phenoxy) is 2. The molecule has 1 unspecified atom stereocenters. The Bertz CT molecular complexity index is 659. The Morgan fingerprint density at radius 3 is 2.81 bits per heavy atom. The summed E-state index contributed by atoms with van der Waals surface area (Å²) in [4.78, 5) is 12.6. The Morgan fingerprint density at radius 1 is 1.37 bits per heavy atom. The Morgan fingerprint density at radius 2 is 2.15 bits per heavy atom. The molecule has 0 aliphatic heterocycles. The molecule has 1 saturated carbocycles. The number of carbonyl (C=O) groups excluding carboxylic acids is 1. The fraction of sp³-hybridized carbons (Fsp3) is 0.619. The summed E-state index contributed by atoms with van der Waals surface area (Å²) in [5.41, 5.74) is 1.14. The average Bonchev–Trinajstić information content (AvgIpc) is 2.69. The molecule has 148 valence electrons. The first-order valence-corrected chi connectivity index (χ1v) is 10.2. The van der Waals surface area contributed by atoms with E-state index in [0.29, 0.717) is 31.1 Å². The molecule has 1 aliphatic rings. The Kier molecular flexibility index (Phi) is 8.74. The van der Waals surface area contributed by atoms with Crippen LogP contribution in [0.5, 0.6) is 11.5 Å². The summed E-state index contributed by atoms with van der Waals surface area (Å²) in [6, 6.07) is 8.13. The van der Waals surface area contributed by atoms with Gasteiger partial charge in [-0.1, -0.05) is 18.9 Å². The molecule has 0 aromatic heterocycles. The topological polar surface area (TPSA) is 71.3 Å². The van der Waals surface area contributed by atoms with Crippen LogP contribution in [-0.2, 0) is 4.79 Å². The SMILES string of the molecule is CCOc1cc([C@H]2CCCC[C@H]2NC(=O)C(C#N)CCCCl)ccc1OC. The molecular weight excluding hydrogens is 364 g/mol. The van der Waals surface area contributed by atoms with Crippen molar-refractivity contribution in [2.45, 2.75) is 57.4 Å². The lowest BCUT2D eigenvalue weighted by Crippen LogP contribution is -2.43. The van der Waals surface area contributed by atoms with Crippen LogP contribution in [0.3, 0.4) is 0 Å². The van der Waals surface area contributed by atoms with Crippen molar-refractivity contribution < 1.29 is 14.3 Å². The van der Waals surface area contributed by atoms with Gasteiger partial charge < -0.3 is 14.8 Å². The van der Waals surface area contributed by atoms with E-state index in [1.165, 1.54) is 0 Å². The van der Waals surface area contributed by atoms with Crippen LogP contribution in [0.1, 0.15) is 56.9 Å². The molecule has 1 aromatic rings. The van der Waals surface area contributed by atoms with Gasteiger partial charge in [-0.2, -0.15) is 5.26 Å². The molecular formula is C21H29ClN2O3. The quantitative estimate of drug-likeness (QED) is 0.632. The molecule has 1 N–H and O–H groups in total. The molecule has 27 heavy (non-hydrogen) atoms. The van der Waals surface area contributed by atoms with Gasteiger partial charge in [0.15, 0.2) is 11.5 Å². The van der Waals surface area contributed by atoms with Crippen LogP contribution in [0.2, 0.25) is 0 Å². The Hall–Kier alpha value is -1.93. The van der Waals surface area contributed by atoms with Crippen LogP contribution in [0.25, 0.3) is 0 Å². The summed E-state index contributed by atoms with van der Waals surface area (Å²) in [6.45, 7) is 2.51. The van der Waals surface area contributed by atoms with Crippen molar-refractivity contribution in [1.29, 1.82) is 5.26 Å². The molecule has 1 aromatic carbocycles. The number of methoxy groups -OCH3 is 1. The van der Waals surface area contributed by atoms with Gasteiger partial charge in [-0.25, -0.2) is 0 Å². The number of rotatable bonds is 9. The fourth-order valence-corrected chi connectivity index (χ4v) is 3.87. The van der Waals surface area contributed by atoms with Gasteiger partial charge in [0.2, 0.25) is 5.91 Å². The highest BCUT2D eigenvalue weighted by atomic mass is 35.5. The molecule has 0 bridgehead atoms. The van der Waals surface area contributed by atoms with Crippen molar-refractivity contribution in [3.63, 3.8) is 0 Å². The minimum Gasteiger partial charge on any atom is -0.493 e. The lowest BCUT2D eigenvalue weighted by molar-refractivity contribution is -0.124. The number of halogens is 1. The van der Waals surface area contributed by atoms with Gasteiger partial charge in [0, 0.05) is 17.8 Å². The third-order valence-electron chi connectivity index (χ3n) is 5.11. The van der Waals surface area contributed by atoms with Crippen LogP contribution < -0.4 is 14.8 Å². The summed E-state index contributed by atoms with van der Waals surface area (Å²) >= 11 is 5.70. The predicted molar refractivity (Wildman–Crippen MR) is 106 cm³/mol. The summed E-state index contributed by atoms with van der Waals surface area (Å²) in [5, 5.41) is 12.4. The monoisotopic (exact) mass is 392 g/mol. The lowest BCUT2D eigenvalue weighted by atomic mass is 9.79. The number of nitrogens with zero attached hydrogens (tertiary/aromatic N) is 1. The first-order chi connectivity index (χ1) is 13.1. The second kappa shape index (κ2) is 11.0. The lowest BCUT2D eigenvalue weighted by Gasteiger charge is -2.33. The average molecular weight is 393 g/mol. The van der Waals surface area contributed by atoms with Crippen LogP contribution in [-0.4, -0.2) is 31.5 Å². The van der Waals surface area contributed by atoms with Crippen molar-refractivity contribution in [1.82, 2.24) is 5.32 Å². The van der Waals surface area contributed by atoms with Crippen LogP contribution in [0, 0.1) is 17.2 Å². The van der Waals surface area contributed by atoms with Gasteiger partial charge in [-0.3, -0.25) is 4.79 Å². The summed E-state index contributed by atoms with van der Waals surface area (Å²) in [5.74, 6) is 1.29. The number of carbonyl (C=O) groups is 1. The molecule has 1 amide bonds. The van der Waals surface area contributed by atoms with Crippen LogP contribution in [0.4, 0.5) is 0 Å². The predicted octanol–water partition coefficient (Wildman–Crippen LogP) is 4.40. The zero-order valence-corrected chi connectivity index (χ0v) is 16.9. The molecule has 6 heteroatoms. The molecule has 0 radical (unpaired) electrons. The summed E-state index contributed by atoms with van der Waals surface area (Å²) in [6.07, 6.45) is 5.29. The smallest absolute Gasteiger partial charge is 0.237 e. The maximum atomic E-state index is 12.6. The van der Waals surface area contributed by atoms with Gasteiger partial charge in [0.1, 0.15) is 5.92 Å². The zero-order chi connectivity index (χ0) is 19.6. The number of hydrogen-bond donors (Lipinski definition) is 1. The van der Waals surface area contributed by atoms with Crippen molar-refractivity contribution in [3.05, 3.63) is 23.8 Å². The minimum absolute atomic E-state index is 0.0287. The molecule has 2 rings (SSSR count). The highest BCUT2D eigenvalue weighted by molar-refractivity contribution is 6.17. The van der Waals surface area contributed by atoms with E-state index in [9.17, 15) is 10.1 Å². The van der Waals surface area contributed by atoms with Crippen molar-refractivity contribution in [2.24, 2.45) is 5.92 Å². The van der Waals surface area contributed by atoms with Gasteiger partial charge in [-0.15, -0.1) is 11.6 Å². The first-order valence-electron chi connectivity index (χ1n) is 9.71. The number of nitrogens with one attached hydrogen (secondary N) is 1. The van der Waals surface area contributed by atoms with E-state index in [1.54, 1.807) is 7.11 Å². The van der Waals surface area contributed by atoms with Gasteiger partial charge >= 0.3 is 0 Å². The summed E-state index contributed by atoms with van der Waals surface area (Å²) < 4.78 is 11.1. The molecule has 0 spiro atoms. The summed E-state index contributed by atoms with van der Waals surface area (Å²) in [7, 11) is 1.63. The Labute approximate surface area is 167 Å². The number of benzene rings is 1. The fourth-order valence-electron chi connectivity index (χ4n) is 3.71. The third kappa shape index (κ3) is 5.77.